The quantitative estimate of drug-likeness (QED) is 0.310. The van der Waals surface area contributed by atoms with E-state index >= 15 is 0 Å². The molecule has 1 aromatic heterocycles. The molecule has 0 saturated heterocycles. The second-order valence-electron chi connectivity index (χ2n) is 4.04. The first kappa shape index (κ1) is 13.4. The number of nitrogens with zero attached hydrogens (tertiary/aromatic N) is 2. The molecule has 4 N–H and O–H groups in total. The molecule has 0 saturated carbocycles. The largest absolute Gasteiger partial charge is 0.409 e. The maximum absolute atomic E-state index is 11.8. The second kappa shape index (κ2) is 5.62. The number of rotatable bonds is 5. The van der Waals surface area contributed by atoms with E-state index in [2.05, 4.69) is 15.5 Å². The van der Waals surface area contributed by atoms with E-state index < -0.39 is 5.41 Å². The molecule has 0 spiro atoms. The molecular formula is C10H16N4O2S. The van der Waals surface area contributed by atoms with Gasteiger partial charge in [0.15, 0.2) is 5.84 Å². The second-order valence-corrected chi connectivity index (χ2v) is 5.02. The van der Waals surface area contributed by atoms with Gasteiger partial charge in [-0.1, -0.05) is 5.16 Å². The number of carbonyl (C=O) groups excluding carboxylic acids is 1. The van der Waals surface area contributed by atoms with Crippen LogP contribution in [0.25, 0.3) is 0 Å². The zero-order valence-electron chi connectivity index (χ0n) is 9.80. The van der Waals surface area contributed by atoms with E-state index in [9.17, 15) is 4.79 Å². The minimum Gasteiger partial charge on any atom is -0.409 e. The predicted octanol–water partition coefficient (Wildman–Crippen LogP) is 0.574. The van der Waals surface area contributed by atoms with Crippen molar-refractivity contribution >= 4 is 23.1 Å². The van der Waals surface area contributed by atoms with E-state index in [0.717, 1.165) is 5.01 Å². The maximum Gasteiger partial charge on any atom is 0.233 e. The Morgan fingerprint density at radius 1 is 1.71 bits per heavy atom. The smallest absolute Gasteiger partial charge is 0.233 e. The molecule has 1 aromatic rings. The standard InChI is InChI=1S/C10H16N4O2S/c1-10(2,8(11)14-16)9(15)13-4-3-7-12-5-6-17-7/h5-6,16H,3-4H2,1-2H3,(H2,11,14)(H,13,15). The Hall–Kier alpha value is -1.63. The van der Waals surface area contributed by atoms with E-state index in [1.54, 1.807) is 31.4 Å². The lowest BCUT2D eigenvalue weighted by Gasteiger charge is -2.21. The molecule has 0 fully saturated rings. The van der Waals surface area contributed by atoms with Crippen LogP contribution in [0.1, 0.15) is 18.9 Å². The van der Waals surface area contributed by atoms with Crippen LogP contribution in [0.3, 0.4) is 0 Å². The van der Waals surface area contributed by atoms with Gasteiger partial charge >= 0.3 is 0 Å². The Balaban J connectivity index is 2.44. The van der Waals surface area contributed by atoms with Gasteiger partial charge in [-0.15, -0.1) is 11.3 Å². The van der Waals surface area contributed by atoms with Gasteiger partial charge in [0.05, 0.1) is 5.01 Å². The van der Waals surface area contributed by atoms with Gasteiger partial charge in [-0.25, -0.2) is 4.98 Å². The Labute approximate surface area is 104 Å². The summed E-state index contributed by atoms with van der Waals surface area (Å²) in [6, 6.07) is 0. The van der Waals surface area contributed by atoms with E-state index in [4.69, 9.17) is 10.9 Å². The van der Waals surface area contributed by atoms with Crippen molar-refractivity contribution in [3.05, 3.63) is 16.6 Å². The SMILES string of the molecule is CC(C)(C(=O)NCCc1nccs1)C(N)=NO. The van der Waals surface area contributed by atoms with E-state index in [1.807, 2.05) is 5.38 Å². The number of nitrogens with one attached hydrogen (secondary N) is 1. The van der Waals surface area contributed by atoms with Gasteiger partial charge in [0.1, 0.15) is 5.41 Å². The maximum atomic E-state index is 11.8. The number of hydrogen-bond donors (Lipinski definition) is 3. The van der Waals surface area contributed by atoms with Crippen LogP contribution >= 0.6 is 11.3 Å². The summed E-state index contributed by atoms with van der Waals surface area (Å²) in [6.45, 7) is 3.68. The molecule has 0 aromatic carbocycles. The van der Waals surface area contributed by atoms with Gasteiger partial charge in [-0.05, 0) is 13.8 Å². The van der Waals surface area contributed by atoms with Gasteiger partial charge in [0, 0.05) is 24.5 Å². The molecule has 94 valence electrons. The van der Waals surface area contributed by atoms with E-state index in [1.165, 1.54) is 0 Å². The summed E-state index contributed by atoms with van der Waals surface area (Å²) in [7, 11) is 0. The summed E-state index contributed by atoms with van der Waals surface area (Å²) in [6.07, 6.45) is 2.40. The molecule has 0 aliphatic heterocycles. The zero-order valence-corrected chi connectivity index (χ0v) is 10.6. The fraction of sp³-hybridized carbons (Fsp3) is 0.500. The number of hydrogen-bond acceptors (Lipinski definition) is 5. The summed E-state index contributed by atoms with van der Waals surface area (Å²) in [5.41, 5.74) is 4.43. The van der Waals surface area contributed by atoms with Crippen LogP contribution in [0.4, 0.5) is 0 Å². The molecule has 0 bridgehead atoms. The van der Waals surface area contributed by atoms with Crippen LogP contribution in [-0.4, -0.2) is 28.5 Å². The lowest BCUT2D eigenvalue weighted by molar-refractivity contribution is -0.126. The Kier molecular flexibility index (Phi) is 4.45. The highest BCUT2D eigenvalue weighted by Gasteiger charge is 2.32. The molecule has 6 nitrogen and oxygen atoms in total. The molecule has 1 heterocycles. The fourth-order valence-electron chi connectivity index (χ4n) is 1.12. The van der Waals surface area contributed by atoms with Gasteiger partial charge in [-0.2, -0.15) is 0 Å². The van der Waals surface area contributed by atoms with E-state index in [0.29, 0.717) is 13.0 Å². The van der Waals surface area contributed by atoms with Gasteiger partial charge in [-0.3, -0.25) is 4.79 Å². The molecule has 0 atom stereocenters. The van der Waals surface area contributed by atoms with Gasteiger partial charge < -0.3 is 16.3 Å². The third-order valence-corrected chi connectivity index (χ3v) is 3.26. The van der Waals surface area contributed by atoms with Crippen molar-refractivity contribution in [2.75, 3.05) is 6.54 Å². The van der Waals surface area contributed by atoms with Crippen LogP contribution in [-0.2, 0) is 11.2 Å². The normalized spacial score (nSPS) is 12.5. The fourth-order valence-corrected chi connectivity index (χ4v) is 1.74. The molecule has 1 rings (SSSR count). The van der Waals surface area contributed by atoms with Gasteiger partial charge in [0.2, 0.25) is 5.91 Å². The monoisotopic (exact) mass is 256 g/mol. The van der Waals surface area contributed by atoms with Crippen LogP contribution in [0.15, 0.2) is 16.7 Å². The first-order valence-corrected chi connectivity index (χ1v) is 6.01. The molecule has 0 unspecified atom stereocenters. The third-order valence-electron chi connectivity index (χ3n) is 2.42. The lowest BCUT2D eigenvalue weighted by Crippen LogP contribution is -2.46. The minimum atomic E-state index is -1.02. The Morgan fingerprint density at radius 2 is 2.41 bits per heavy atom. The van der Waals surface area contributed by atoms with Crippen molar-refractivity contribution in [3.63, 3.8) is 0 Å². The average Bonchev–Trinajstić information content (AvgIpc) is 2.80. The Morgan fingerprint density at radius 3 is 2.94 bits per heavy atom. The zero-order chi connectivity index (χ0) is 12.9. The molecule has 0 aliphatic carbocycles. The van der Waals surface area contributed by atoms with Gasteiger partial charge in [0.25, 0.3) is 0 Å². The van der Waals surface area contributed by atoms with Crippen molar-refractivity contribution in [2.45, 2.75) is 20.3 Å². The van der Waals surface area contributed by atoms with Crippen molar-refractivity contribution in [2.24, 2.45) is 16.3 Å². The number of amidine groups is 1. The highest BCUT2D eigenvalue weighted by atomic mass is 32.1. The predicted molar refractivity (Wildman–Crippen MR) is 66.0 cm³/mol. The third kappa shape index (κ3) is 3.42. The number of nitrogens with two attached hydrogens (primary N) is 1. The first-order chi connectivity index (χ1) is 7.98. The highest BCUT2D eigenvalue weighted by Crippen LogP contribution is 2.15. The van der Waals surface area contributed by atoms with Crippen molar-refractivity contribution in [1.82, 2.24) is 10.3 Å². The van der Waals surface area contributed by atoms with Crippen molar-refractivity contribution < 1.29 is 10.0 Å². The molecule has 1 amide bonds. The summed E-state index contributed by atoms with van der Waals surface area (Å²) >= 11 is 1.54. The summed E-state index contributed by atoms with van der Waals surface area (Å²) in [4.78, 5) is 15.9. The van der Waals surface area contributed by atoms with Crippen molar-refractivity contribution in [3.8, 4) is 0 Å². The number of aromatic nitrogens is 1. The number of oxime groups is 1. The molecule has 0 aliphatic rings. The molecule has 0 radical (unpaired) electrons. The summed E-state index contributed by atoms with van der Waals surface area (Å²) in [5, 5.41) is 17.0. The number of amides is 1. The molecular weight excluding hydrogens is 240 g/mol. The first-order valence-electron chi connectivity index (χ1n) is 5.13. The lowest BCUT2D eigenvalue weighted by atomic mass is 9.91. The average molecular weight is 256 g/mol. The van der Waals surface area contributed by atoms with Crippen LogP contribution in [0, 0.1) is 5.41 Å². The highest BCUT2D eigenvalue weighted by molar-refractivity contribution is 7.09. The molecule has 17 heavy (non-hydrogen) atoms. The summed E-state index contributed by atoms with van der Waals surface area (Å²) in [5.74, 6) is -0.381. The topological polar surface area (TPSA) is 101 Å². The minimum absolute atomic E-state index is 0.107. The van der Waals surface area contributed by atoms with Crippen LogP contribution in [0.2, 0.25) is 0 Å². The van der Waals surface area contributed by atoms with Crippen LogP contribution in [0.5, 0.6) is 0 Å². The van der Waals surface area contributed by atoms with Crippen molar-refractivity contribution in [1.29, 1.82) is 0 Å². The number of carbonyl (C=O) groups is 1. The summed E-state index contributed by atoms with van der Waals surface area (Å²) < 4.78 is 0. The molecule has 7 heteroatoms. The van der Waals surface area contributed by atoms with Crippen LogP contribution < -0.4 is 11.1 Å². The number of thiazole rings is 1. The van der Waals surface area contributed by atoms with E-state index in [-0.39, 0.29) is 11.7 Å². The Bertz CT molecular complexity index is 400.